The van der Waals surface area contributed by atoms with E-state index in [0.717, 1.165) is 11.0 Å². The Kier molecular flexibility index (Phi) is 5.88. The van der Waals surface area contributed by atoms with Crippen molar-refractivity contribution in [3.05, 3.63) is 12.7 Å². The van der Waals surface area contributed by atoms with Gasteiger partial charge in [0.1, 0.15) is 12.6 Å². The number of carbonyl (C=O) groups excluding carboxylic acids is 2. The van der Waals surface area contributed by atoms with E-state index < -0.39 is 24.3 Å². The van der Waals surface area contributed by atoms with Gasteiger partial charge in [0.05, 0.1) is 13.2 Å². The zero-order valence-electron chi connectivity index (χ0n) is 10.8. The smallest absolute Gasteiger partial charge is 0.260 e. The molecule has 0 bridgehead atoms. The van der Waals surface area contributed by atoms with Crippen molar-refractivity contribution in [1.82, 2.24) is 9.80 Å². The molecule has 19 heavy (non-hydrogen) atoms. The average Bonchev–Trinajstić information content (AvgIpc) is 2.43. The summed E-state index contributed by atoms with van der Waals surface area (Å²) in [6, 6.07) is -1.24. The normalized spacial score (nSPS) is 19.4. The molecule has 1 saturated heterocycles. The number of likely N-dealkylation sites (N-methyl/N-ethyl adjacent to an activating group) is 1. The first-order chi connectivity index (χ1) is 9.01. The largest absolute Gasteiger partial charge is 0.377 e. The minimum absolute atomic E-state index is 0.119. The molecular formula is C12H18F2N2O3. The fourth-order valence-electron chi connectivity index (χ4n) is 1.87. The molecule has 108 valence electrons. The maximum atomic E-state index is 12.8. The molecule has 1 atom stereocenters. The van der Waals surface area contributed by atoms with Crippen LogP contribution in [0, 0.1) is 0 Å². The summed E-state index contributed by atoms with van der Waals surface area (Å²) in [7, 11) is 0. The van der Waals surface area contributed by atoms with Crippen LogP contribution in [0.2, 0.25) is 0 Å². The number of nitrogens with zero attached hydrogens (tertiary/aromatic N) is 2. The number of hydrogen-bond donors (Lipinski definition) is 0. The van der Waals surface area contributed by atoms with E-state index in [-0.39, 0.29) is 26.3 Å². The second-order valence-corrected chi connectivity index (χ2v) is 4.12. The first-order valence-electron chi connectivity index (χ1n) is 6.08. The fourth-order valence-corrected chi connectivity index (χ4v) is 1.87. The van der Waals surface area contributed by atoms with Crippen molar-refractivity contribution in [3.8, 4) is 0 Å². The molecule has 1 rings (SSSR count). The number of rotatable bonds is 5. The third-order valence-corrected chi connectivity index (χ3v) is 2.97. The highest BCUT2D eigenvalue weighted by Crippen LogP contribution is 2.15. The van der Waals surface area contributed by atoms with Gasteiger partial charge in [-0.15, -0.1) is 0 Å². The molecule has 1 aliphatic rings. The second-order valence-electron chi connectivity index (χ2n) is 4.12. The average molecular weight is 276 g/mol. The number of carbonyl (C=O) groups is 2. The molecule has 1 unspecified atom stereocenters. The van der Waals surface area contributed by atoms with E-state index in [0.29, 0.717) is 6.54 Å². The van der Waals surface area contributed by atoms with Crippen LogP contribution in [0.4, 0.5) is 8.78 Å². The third-order valence-electron chi connectivity index (χ3n) is 2.97. The van der Waals surface area contributed by atoms with Gasteiger partial charge in [0.25, 0.3) is 6.43 Å². The lowest BCUT2D eigenvalue weighted by Gasteiger charge is -2.36. The molecule has 1 heterocycles. The first-order valence-corrected chi connectivity index (χ1v) is 6.08. The molecule has 0 aliphatic carbocycles. The zero-order chi connectivity index (χ0) is 14.4. The predicted octanol–water partition coefficient (Wildman–Crippen LogP) is 0.513. The van der Waals surface area contributed by atoms with Crippen LogP contribution < -0.4 is 0 Å². The Balaban J connectivity index is 2.69. The minimum atomic E-state index is -2.66. The van der Waals surface area contributed by atoms with Gasteiger partial charge in [0.2, 0.25) is 11.8 Å². The van der Waals surface area contributed by atoms with Crippen LogP contribution in [0.25, 0.3) is 0 Å². The summed E-state index contributed by atoms with van der Waals surface area (Å²) in [5, 5.41) is 0. The summed E-state index contributed by atoms with van der Waals surface area (Å²) in [6.45, 7) is 5.32. The number of halogens is 2. The maximum absolute atomic E-state index is 12.8. The van der Waals surface area contributed by atoms with Crippen molar-refractivity contribution < 1.29 is 23.1 Å². The van der Waals surface area contributed by atoms with E-state index >= 15 is 0 Å². The van der Waals surface area contributed by atoms with Crippen LogP contribution in [0.1, 0.15) is 6.92 Å². The molecule has 0 aromatic carbocycles. The van der Waals surface area contributed by atoms with E-state index in [1.807, 2.05) is 0 Å². The molecule has 1 fully saturated rings. The molecule has 0 aromatic rings. The van der Waals surface area contributed by atoms with Gasteiger partial charge in [-0.05, 0) is 13.0 Å². The Morgan fingerprint density at radius 3 is 2.79 bits per heavy atom. The Bertz CT molecular complexity index is 350. The molecule has 2 amide bonds. The minimum Gasteiger partial charge on any atom is -0.377 e. The highest BCUT2D eigenvalue weighted by molar-refractivity contribution is 5.91. The summed E-state index contributed by atoms with van der Waals surface area (Å²) < 4.78 is 30.6. The van der Waals surface area contributed by atoms with Crippen molar-refractivity contribution in [2.24, 2.45) is 0 Å². The van der Waals surface area contributed by atoms with Crippen molar-refractivity contribution in [2.45, 2.75) is 19.4 Å². The van der Waals surface area contributed by atoms with E-state index in [1.54, 1.807) is 6.92 Å². The maximum Gasteiger partial charge on any atom is 0.260 e. The summed E-state index contributed by atoms with van der Waals surface area (Å²) in [4.78, 5) is 25.8. The molecule has 0 spiro atoms. The monoisotopic (exact) mass is 276 g/mol. The topological polar surface area (TPSA) is 49.9 Å². The van der Waals surface area contributed by atoms with Crippen molar-refractivity contribution in [2.75, 3.05) is 32.8 Å². The molecule has 1 aliphatic heterocycles. The van der Waals surface area contributed by atoms with E-state index in [2.05, 4.69) is 6.58 Å². The molecule has 0 radical (unpaired) electrons. The Labute approximate surface area is 110 Å². The number of alkyl halides is 2. The van der Waals surface area contributed by atoms with Crippen LogP contribution >= 0.6 is 0 Å². The summed E-state index contributed by atoms with van der Waals surface area (Å²) in [5.74, 6) is -0.886. The van der Waals surface area contributed by atoms with Crippen molar-refractivity contribution >= 4 is 11.8 Å². The SMILES string of the molecule is C=CC(=O)N(CC)CC(=O)N1CCOCC1C(F)F. The number of hydrogen-bond acceptors (Lipinski definition) is 3. The fraction of sp³-hybridized carbons (Fsp3) is 0.667. The van der Waals surface area contributed by atoms with Gasteiger partial charge in [0, 0.05) is 13.1 Å². The molecule has 0 saturated carbocycles. The predicted molar refractivity (Wildman–Crippen MR) is 64.8 cm³/mol. The lowest BCUT2D eigenvalue weighted by molar-refractivity contribution is -0.150. The summed E-state index contributed by atoms with van der Waals surface area (Å²) in [6.07, 6.45) is -1.56. The molecule has 7 heteroatoms. The number of amides is 2. The Morgan fingerprint density at radius 1 is 1.58 bits per heavy atom. The van der Waals surface area contributed by atoms with Crippen molar-refractivity contribution in [3.63, 3.8) is 0 Å². The van der Waals surface area contributed by atoms with Gasteiger partial charge in [-0.1, -0.05) is 6.58 Å². The lowest BCUT2D eigenvalue weighted by atomic mass is 10.2. The highest BCUT2D eigenvalue weighted by Gasteiger charge is 2.34. The highest BCUT2D eigenvalue weighted by atomic mass is 19.3. The summed E-state index contributed by atoms with van der Waals surface area (Å²) >= 11 is 0. The lowest BCUT2D eigenvalue weighted by Crippen LogP contribution is -2.55. The van der Waals surface area contributed by atoms with Gasteiger partial charge in [-0.2, -0.15) is 0 Å². The van der Waals surface area contributed by atoms with Crippen molar-refractivity contribution in [1.29, 1.82) is 0 Å². The second kappa shape index (κ2) is 7.18. The first kappa shape index (κ1) is 15.6. The molecular weight excluding hydrogens is 258 g/mol. The standard InChI is InChI=1S/C12H18F2N2O3/c1-3-10(17)15(4-2)7-11(18)16-5-6-19-8-9(16)12(13)14/h3,9,12H,1,4-8H2,2H3. The number of ether oxygens (including phenoxy) is 1. The van der Waals surface area contributed by atoms with Gasteiger partial charge in [-0.25, -0.2) is 8.78 Å². The summed E-state index contributed by atoms with van der Waals surface area (Å²) in [5.41, 5.74) is 0. The van der Waals surface area contributed by atoms with E-state index in [4.69, 9.17) is 4.74 Å². The number of morpholine rings is 1. The van der Waals surface area contributed by atoms with Crippen LogP contribution in [0.15, 0.2) is 12.7 Å². The Morgan fingerprint density at radius 2 is 2.26 bits per heavy atom. The van der Waals surface area contributed by atoms with Gasteiger partial charge >= 0.3 is 0 Å². The quantitative estimate of drug-likeness (QED) is 0.688. The van der Waals surface area contributed by atoms with Crippen LogP contribution in [0.3, 0.4) is 0 Å². The van der Waals surface area contributed by atoms with Crippen LogP contribution in [0.5, 0.6) is 0 Å². The zero-order valence-corrected chi connectivity index (χ0v) is 10.8. The van der Waals surface area contributed by atoms with Gasteiger partial charge in [-0.3, -0.25) is 9.59 Å². The van der Waals surface area contributed by atoms with Crippen LogP contribution in [-0.2, 0) is 14.3 Å². The Hall–Kier alpha value is -1.50. The molecule has 5 nitrogen and oxygen atoms in total. The van der Waals surface area contributed by atoms with Crippen LogP contribution in [-0.4, -0.2) is 66.9 Å². The van der Waals surface area contributed by atoms with Gasteiger partial charge in [0.15, 0.2) is 0 Å². The van der Waals surface area contributed by atoms with E-state index in [1.165, 1.54) is 4.90 Å². The van der Waals surface area contributed by atoms with Gasteiger partial charge < -0.3 is 14.5 Å². The third kappa shape index (κ3) is 3.99. The molecule has 0 N–H and O–H groups in total. The van der Waals surface area contributed by atoms with E-state index in [9.17, 15) is 18.4 Å². The molecule has 0 aromatic heterocycles.